The van der Waals surface area contributed by atoms with Crippen LogP contribution in [0.4, 0.5) is 0 Å². The Hall–Kier alpha value is 0.500. The molecule has 2 fully saturated rings. The van der Waals surface area contributed by atoms with E-state index < -0.39 is 0 Å². The first kappa shape index (κ1) is 11.5. The fourth-order valence-corrected chi connectivity index (χ4v) is 2.07. The van der Waals surface area contributed by atoms with Crippen LogP contribution in [0.5, 0.6) is 0 Å². The summed E-state index contributed by atoms with van der Waals surface area (Å²) in [6.07, 6.45) is 1.42. The lowest BCUT2D eigenvalue weighted by Crippen LogP contribution is -2.38. The van der Waals surface area contributed by atoms with Crippen molar-refractivity contribution in [2.45, 2.75) is 12.5 Å². The van der Waals surface area contributed by atoms with Gasteiger partial charge < -0.3 is 10.2 Å². The van der Waals surface area contributed by atoms with Crippen LogP contribution in [0.25, 0.3) is 0 Å². The van der Waals surface area contributed by atoms with E-state index in [1.54, 1.807) is 0 Å². The molecule has 1 N–H and O–H groups in total. The molecule has 2 saturated heterocycles. The van der Waals surface area contributed by atoms with Gasteiger partial charge in [-0.25, -0.2) is 0 Å². The summed E-state index contributed by atoms with van der Waals surface area (Å²) >= 11 is 0. The van der Waals surface area contributed by atoms with E-state index in [4.69, 9.17) is 0 Å². The molecule has 0 radical (unpaired) electrons. The second-order valence-corrected chi connectivity index (χ2v) is 3.43. The first-order chi connectivity index (χ1) is 4.34. The number of nitrogens with one attached hydrogen (secondary N) is 1. The van der Waals surface area contributed by atoms with Crippen molar-refractivity contribution in [2.24, 2.45) is 5.92 Å². The Kier molecular flexibility index (Phi) is 4.71. The summed E-state index contributed by atoms with van der Waals surface area (Å²) in [7, 11) is 2.21. The third-order valence-corrected chi connectivity index (χ3v) is 2.41. The Morgan fingerprint density at radius 2 is 2.00 bits per heavy atom. The van der Waals surface area contributed by atoms with Gasteiger partial charge in [-0.15, -0.1) is 24.8 Å². The summed E-state index contributed by atoms with van der Waals surface area (Å²) in [6, 6.07) is 0.814. The van der Waals surface area contributed by atoms with Gasteiger partial charge in [0.05, 0.1) is 0 Å². The van der Waals surface area contributed by atoms with Crippen molar-refractivity contribution in [3.05, 3.63) is 0 Å². The highest BCUT2D eigenvalue weighted by Gasteiger charge is 2.30. The van der Waals surface area contributed by atoms with Crippen LogP contribution in [-0.4, -0.2) is 37.6 Å². The maximum Gasteiger partial charge on any atom is 0.0198 e. The molecule has 0 aliphatic carbocycles. The molecule has 0 aromatic heterocycles. The molecule has 0 amide bonds. The van der Waals surface area contributed by atoms with Gasteiger partial charge in [-0.2, -0.15) is 0 Å². The van der Waals surface area contributed by atoms with E-state index in [1.807, 2.05) is 0 Å². The van der Waals surface area contributed by atoms with Gasteiger partial charge >= 0.3 is 0 Å². The van der Waals surface area contributed by atoms with Crippen molar-refractivity contribution in [3.63, 3.8) is 0 Å². The topological polar surface area (TPSA) is 15.3 Å². The van der Waals surface area contributed by atoms with E-state index >= 15 is 0 Å². The first-order valence-corrected chi connectivity index (χ1v) is 3.76. The molecule has 11 heavy (non-hydrogen) atoms. The Labute approximate surface area is 80.5 Å². The quantitative estimate of drug-likeness (QED) is 0.619. The molecule has 2 aliphatic rings. The van der Waals surface area contributed by atoms with E-state index in [1.165, 1.54) is 26.1 Å². The minimum atomic E-state index is 0. The van der Waals surface area contributed by atoms with E-state index in [0.717, 1.165) is 12.0 Å². The van der Waals surface area contributed by atoms with E-state index in [0.29, 0.717) is 0 Å². The zero-order valence-corrected chi connectivity index (χ0v) is 8.38. The van der Waals surface area contributed by atoms with Crippen LogP contribution in [0.15, 0.2) is 0 Å². The summed E-state index contributed by atoms with van der Waals surface area (Å²) in [5, 5.41) is 3.51. The Balaban J connectivity index is 0.000000500. The van der Waals surface area contributed by atoms with E-state index in [9.17, 15) is 0 Å². The Bertz CT molecular complexity index is 109. The van der Waals surface area contributed by atoms with Gasteiger partial charge in [0.25, 0.3) is 0 Å². The zero-order valence-electron chi connectivity index (χ0n) is 6.75. The zero-order chi connectivity index (χ0) is 6.27. The highest BCUT2D eigenvalue weighted by atomic mass is 35.5. The Morgan fingerprint density at radius 1 is 1.27 bits per heavy atom. The molecule has 2 nitrogen and oxygen atoms in total. The molecule has 2 aliphatic heterocycles. The summed E-state index contributed by atoms with van der Waals surface area (Å²) < 4.78 is 0. The second kappa shape index (κ2) is 4.51. The van der Waals surface area contributed by atoms with E-state index in [2.05, 4.69) is 17.3 Å². The molecule has 0 saturated carbocycles. The van der Waals surface area contributed by atoms with Crippen LogP contribution in [0.1, 0.15) is 6.42 Å². The predicted molar refractivity (Wildman–Crippen MR) is 51.9 cm³/mol. The SMILES string of the molecule is CN1CC2CNC(C2)C1.Cl.Cl. The van der Waals surface area contributed by atoms with Gasteiger partial charge in [0, 0.05) is 19.1 Å². The predicted octanol–water partition coefficient (Wildman–Crippen LogP) is 0.753. The third-order valence-electron chi connectivity index (χ3n) is 2.41. The molecular formula is C7H16Cl2N2. The molecule has 2 rings (SSSR count). The monoisotopic (exact) mass is 198 g/mol. The van der Waals surface area contributed by atoms with Crippen molar-refractivity contribution >= 4 is 24.8 Å². The molecular weight excluding hydrogens is 183 g/mol. The number of hydrogen-bond acceptors (Lipinski definition) is 2. The lowest BCUT2D eigenvalue weighted by molar-refractivity contribution is 0.233. The number of halogens is 2. The molecule has 0 aromatic rings. The summed E-state index contributed by atoms with van der Waals surface area (Å²) in [5.74, 6) is 0.953. The number of likely N-dealkylation sites (tertiary alicyclic amines) is 1. The van der Waals surface area contributed by atoms with Crippen LogP contribution in [0, 0.1) is 5.92 Å². The van der Waals surface area contributed by atoms with Gasteiger partial charge in [-0.1, -0.05) is 0 Å². The van der Waals surface area contributed by atoms with Crippen LogP contribution in [-0.2, 0) is 0 Å². The number of rotatable bonds is 0. The van der Waals surface area contributed by atoms with Crippen molar-refractivity contribution in [2.75, 3.05) is 26.7 Å². The van der Waals surface area contributed by atoms with Gasteiger partial charge in [-0.05, 0) is 25.9 Å². The van der Waals surface area contributed by atoms with E-state index in [-0.39, 0.29) is 24.8 Å². The summed E-state index contributed by atoms with van der Waals surface area (Å²) in [4.78, 5) is 2.43. The molecule has 2 bridgehead atoms. The second-order valence-electron chi connectivity index (χ2n) is 3.43. The highest BCUT2D eigenvalue weighted by Crippen LogP contribution is 2.20. The van der Waals surface area contributed by atoms with Crippen LogP contribution < -0.4 is 5.32 Å². The number of nitrogens with zero attached hydrogens (tertiary/aromatic N) is 1. The van der Waals surface area contributed by atoms with Gasteiger partial charge in [0.15, 0.2) is 0 Å². The molecule has 0 spiro atoms. The molecule has 4 heteroatoms. The third kappa shape index (κ3) is 2.48. The number of hydrogen-bond donors (Lipinski definition) is 1. The van der Waals surface area contributed by atoms with Crippen LogP contribution >= 0.6 is 24.8 Å². The van der Waals surface area contributed by atoms with Crippen molar-refractivity contribution in [1.29, 1.82) is 0 Å². The number of fused-ring (bicyclic) bond motifs is 2. The fourth-order valence-electron chi connectivity index (χ4n) is 2.07. The minimum Gasteiger partial charge on any atom is -0.312 e. The average Bonchev–Trinajstić information content (AvgIpc) is 2.11. The van der Waals surface area contributed by atoms with Gasteiger partial charge in [0.1, 0.15) is 0 Å². The molecule has 68 valence electrons. The Morgan fingerprint density at radius 3 is 2.64 bits per heavy atom. The normalized spacial score (nSPS) is 35.7. The number of piperidine rings is 1. The van der Waals surface area contributed by atoms with Crippen molar-refractivity contribution < 1.29 is 0 Å². The van der Waals surface area contributed by atoms with Crippen LogP contribution in [0.2, 0.25) is 0 Å². The van der Waals surface area contributed by atoms with Gasteiger partial charge in [0.2, 0.25) is 0 Å². The maximum absolute atomic E-state index is 3.51. The smallest absolute Gasteiger partial charge is 0.0198 e. The molecule has 2 heterocycles. The lowest BCUT2D eigenvalue weighted by Gasteiger charge is -2.26. The first-order valence-electron chi connectivity index (χ1n) is 3.76. The average molecular weight is 199 g/mol. The standard InChI is InChI=1S/C7H14N2.2ClH/c1-9-4-6-2-7(5-9)8-3-6;;/h6-8H,2-5H2,1H3;2*1H. The maximum atomic E-state index is 3.51. The largest absolute Gasteiger partial charge is 0.312 e. The van der Waals surface area contributed by atoms with Crippen molar-refractivity contribution in [3.8, 4) is 0 Å². The van der Waals surface area contributed by atoms with Gasteiger partial charge in [-0.3, -0.25) is 0 Å². The molecule has 2 unspecified atom stereocenters. The van der Waals surface area contributed by atoms with Crippen LogP contribution in [0.3, 0.4) is 0 Å². The number of likely N-dealkylation sites (N-methyl/N-ethyl adjacent to an activating group) is 1. The summed E-state index contributed by atoms with van der Waals surface area (Å²) in [6.45, 7) is 3.83. The fraction of sp³-hybridized carbons (Fsp3) is 1.00. The minimum absolute atomic E-state index is 0. The van der Waals surface area contributed by atoms with Crippen molar-refractivity contribution in [1.82, 2.24) is 10.2 Å². The highest BCUT2D eigenvalue weighted by molar-refractivity contribution is 5.85. The molecule has 2 atom stereocenters. The molecule has 0 aromatic carbocycles. The summed E-state index contributed by atoms with van der Waals surface area (Å²) in [5.41, 5.74) is 0. The lowest BCUT2D eigenvalue weighted by atomic mass is 10.0.